The van der Waals surface area contributed by atoms with Gasteiger partial charge in [-0.2, -0.15) is 0 Å². The Hall–Kier alpha value is -2.05. The van der Waals surface area contributed by atoms with Gasteiger partial charge < -0.3 is 4.74 Å². The number of hydrazine groups is 1. The van der Waals surface area contributed by atoms with Gasteiger partial charge in [0.1, 0.15) is 17.4 Å². The lowest BCUT2D eigenvalue weighted by Gasteiger charge is -2.19. The predicted molar refractivity (Wildman–Crippen MR) is 75.7 cm³/mol. The molecule has 2 rings (SSSR count). The topological polar surface area (TPSA) is 60.2 Å². The molecule has 0 bridgehead atoms. The molecule has 1 atom stereocenters. The molecule has 1 aromatic carbocycles. The highest BCUT2D eigenvalue weighted by atomic mass is 19.1. The Kier molecular flexibility index (Phi) is 4.82. The van der Waals surface area contributed by atoms with Gasteiger partial charge in [0.2, 0.25) is 0 Å². The smallest absolute Gasteiger partial charge is 0.137 e. The van der Waals surface area contributed by atoms with Crippen molar-refractivity contribution in [3.05, 3.63) is 58.9 Å². The van der Waals surface area contributed by atoms with Crippen molar-refractivity contribution in [3.8, 4) is 5.75 Å². The number of pyridine rings is 1. The molecule has 0 radical (unpaired) electrons. The van der Waals surface area contributed by atoms with Gasteiger partial charge >= 0.3 is 0 Å². The number of rotatable bonds is 5. The van der Waals surface area contributed by atoms with Gasteiger partial charge in [-0.1, -0.05) is 6.07 Å². The minimum absolute atomic E-state index is 0.132. The monoisotopic (exact) mass is 293 g/mol. The predicted octanol–water partition coefficient (Wildman–Crippen LogP) is 2.62. The Bertz CT molecular complexity index is 634. The largest absolute Gasteiger partial charge is 0.492 e. The minimum atomic E-state index is -0.849. The first-order valence-corrected chi connectivity index (χ1v) is 6.56. The van der Waals surface area contributed by atoms with Crippen molar-refractivity contribution in [1.29, 1.82) is 0 Å². The fourth-order valence-corrected chi connectivity index (χ4v) is 2.13. The molecule has 0 aliphatic heterocycles. The van der Waals surface area contributed by atoms with Gasteiger partial charge in [0, 0.05) is 11.8 Å². The first kappa shape index (κ1) is 15.3. The highest BCUT2D eigenvalue weighted by molar-refractivity contribution is 5.37. The van der Waals surface area contributed by atoms with Gasteiger partial charge in [-0.3, -0.25) is 10.8 Å². The van der Waals surface area contributed by atoms with Crippen LogP contribution in [-0.4, -0.2) is 11.6 Å². The molecule has 0 saturated carbocycles. The SMILES string of the molecule is CCOc1cncc(C(NN)c2c(F)ccc(C)c2F)c1. The Morgan fingerprint density at radius 1 is 1.33 bits per heavy atom. The summed E-state index contributed by atoms with van der Waals surface area (Å²) in [4.78, 5) is 4.01. The zero-order chi connectivity index (χ0) is 15.4. The molecule has 3 N–H and O–H groups in total. The lowest BCUT2D eigenvalue weighted by Crippen LogP contribution is -2.30. The number of nitrogens with zero attached hydrogens (tertiary/aromatic N) is 1. The van der Waals surface area contributed by atoms with Crippen LogP contribution in [0.3, 0.4) is 0 Å². The van der Waals surface area contributed by atoms with Crippen molar-refractivity contribution in [2.45, 2.75) is 19.9 Å². The van der Waals surface area contributed by atoms with Crippen molar-refractivity contribution in [1.82, 2.24) is 10.4 Å². The third-order valence-electron chi connectivity index (χ3n) is 3.15. The summed E-state index contributed by atoms with van der Waals surface area (Å²) in [7, 11) is 0. The standard InChI is InChI=1S/C15H17F2N3O/c1-3-21-11-6-10(7-19-8-11)15(20-18)13-12(16)5-4-9(2)14(13)17/h4-8,15,20H,3,18H2,1-2H3. The molecule has 1 unspecified atom stereocenters. The summed E-state index contributed by atoms with van der Waals surface area (Å²) in [5.74, 6) is 4.72. The van der Waals surface area contributed by atoms with E-state index < -0.39 is 17.7 Å². The molecule has 6 heteroatoms. The highest BCUT2D eigenvalue weighted by Crippen LogP contribution is 2.29. The highest BCUT2D eigenvalue weighted by Gasteiger charge is 2.23. The first-order chi connectivity index (χ1) is 10.1. The number of aryl methyl sites for hydroxylation is 1. The molecule has 1 heterocycles. The number of hydrogen-bond acceptors (Lipinski definition) is 4. The Morgan fingerprint density at radius 3 is 2.76 bits per heavy atom. The number of benzene rings is 1. The maximum Gasteiger partial charge on any atom is 0.137 e. The van der Waals surface area contributed by atoms with E-state index >= 15 is 0 Å². The second-order valence-corrected chi connectivity index (χ2v) is 4.58. The summed E-state index contributed by atoms with van der Waals surface area (Å²) >= 11 is 0. The Morgan fingerprint density at radius 2 is 2.10 bits per heavy atom. The van der Waals surface area contributed by atoms with Crippen LogP contribution in [-0.2, 0) is 0 Å². The van der Waals surface area contributed by atoms with Crippen LogP contribution in [0.2, 0.25) is 0 Å². The summed E-state index contributed by atoms with van der Waals surface area (Å²) in [6.07, 6.45) is 3.03. The van der Waals surface area contributed by atoms with E-state index in [1.54, 1.807) is 13.0 Å². The maximum absolute atomic E-state index is 14.2. The zero-order valence-electron chi connectivity index (χ0n) is 11.9. The van der Waals surface area contributed by atoms with Crippen LogP contribution in [0.25, 0.3) is 0 Å². The average Bonchev–Trinajstić information content (AvgIpc) is 2.48. The molecule has 0 spiro atoms. The molecule has 0 amide bonds. The van der Waals surface area contributed by atoms with E-state index in [2.05, 4.69) is 10.4 Å². The summed E-state index contributed by atoms with van der Waals surface area (Å²) in [6.45, 7) is 3.88. The van der Waals surface area contributed by atoms with Crippen molar-refractivity contribution >= 4 is 0 Å². The normalized spacial score (nSPS) is 12.2. The summed E-state index contributed by atoms with van der Waals surface area (Å²) in [6, 6.07) is 3.41. The van der Waals surface area contributed by atoms with Gasteiger partial charge in [0.05, 0.1) is 18.8 Å². The van der Waals surface area contributed by atoms with E-state index in [-0.39, 0.29) is 5.56 Å². The minimum Gasteiger partial charge on any atom is -0.492 e. The van der Waals surface area contributed by atoms with E-state index in [4.69, 9.17) is 10.6 Å². The van der Waals surface area contributed by atoms with Crippen molar-refractivity contribution in [2.24, 2.45) is 5.84 Å². The second-order valence-electron chi connectivity index (χ2n) is 4.58. The molecule has 4 nitrogen and oxygen atoms in total. The van der Waals surface area contributed by atoms with Crippen LogP contribution in [0.15, 0.2) is 30.6 Å². The lowest BCUT2D eigenvalue weighted by molar-refractivity contribution is 0.338. The van der Waals surface area contributed by atoms with Crippen molar-refractivity contribution < 1.29 is 13.5 Å². The van der Waals surface area contributed by atoms with Gasteiger partial charge in [-0.05, 0) is 37.1 Å². The van der Waals surface area contributed by atoms with Crippen LogP contribution in [0.1, 0.15) is 29.7 Å². The molecule has 0 aliphatic rings. The third-order valence-corrected chi connectivity index (χ3v) is 3.15. The van der Waals surface area contributed by atoms with E-state index in [1.165, 1.54) is 24.5 Å². The van der Waals surface area contributed by atoms with Crippen molar-refractivity contribution in [3.63, 3.8) is 0 Å². The van der Waals surface area contributed by atoms with E-state index in [0.29, 0.717) is 23.5 Å². The van der Waals surface area contributed by atoms with Crippen LogP contribution in [0.5, 0.6) is 5.75 Å². The summed E-state index contributed by atoms with van der Waals surface area (Å²) in [5, 5.41) is 0. The van der Waals surface area contributed by atoms with E-state index in [1.807, 2.05) is 6.92 Å². The van der Waals surface area contributed by atoms with Gasteiger partial charge in [-0.15, -0.1) is 0 Å². The van der Waals surface area contributed by atoms with Gasteiger partial charge in [0.15, 0.2) is 0 Å². The number of nitrogens with two attached hydrogens (primary N) is 1. The van der Waals surface area contributed by atoms with Crippen LogP contribution >= 0.6 is 0 Å². The quantitative estimate of drug-likeness (QED) is 0.657. The fraction of sp³-hybridized carbons (Fsp3) is 0.267. The van der Waals surface area contributed by atoms with Crippen LogP contribution < -0.4 is 16.0 Å². The van der Waals surface area contributed by atoms with Crippen LogP contribution in [0.4, 0.5) is 8.78 Å². The molecule has 112 valence electrons. The second kappa shape index (κ2) is 6.60. The molecular formula is C15H17F2N3O. The molecule has 0 saturated heterocycles. The molecule has 21 heavy (non-hydrogen) atoms. The van der Waals surface area contributed by atoms with Gasteiger partial charge in [0.25, 0.3) is 0 Å². The lowest BCUT2D eigenvalue weighted by atomic mass is 9.97. The average molecular weight is 293 g/mol. The number of halogens is 2. The van der Waals surface area contributed by atoms with Crippen LogP contribution in [0, 0.1) is 18.6 Å². The third kappa shape index (κ3) is 3.17. The molecular weight excluding hydrogens is 276 g/mol. The number of ether oxygens (including phenoxy) is 1. The van der Waals surface area contributed by atoms with Crippen molar-refractivity contribution in [2.75, 3.05) is 6.61 Å². The summed E-state index contributed by atoms with van der Waals surface area (Å²) < 4.78 is 33.6. The van der Waals surface area contributed by atoms with E-state index in [0.717, 1.165) is 0 Å². The number of nitrogens with one attached hydrogen (secondary N) is 1. The Labute approximate surface area is 121 Å². The zero-order valence-corrected chi connectivity index (χ0v) is 11.9. The molecule has 0 fully saturated rings. The molecule has 0 aliphatic carbocycles. The van der Waals surface area contributed by atoms with E-state index in [9.17, 15) is 8.78 Å². The summed E-state index contributed by atoms with van der Waals surface area (Å²) in [5.41, 5.74) is 3.17. The first-order valence-electron chi connectivity index (χ1n) is 6.56. The molecule has 2 aromatic rings. The van der Waals surface area contributed by atoms with Gasteiger partial charge in [-0.25, -0.2) is 14.2 Å². The number of aromatic nitrogens is 1. The fourth-order valence-electron chi connectivity index (χ4n) is 2.13. The molecule has 1 aromatic heterocycles. The Balaban J connectivity index is 2.50. The maximum atomic E-state index is 14.2. The number of hydrogen-bond donors (Lipinski definition) is 2.